The summed E-state index contributed by atoms with van der Waals surface area (Å²) in [7, 11) is -0.455. The average Bonchev–Trinajstić information content (AvgIpc) is 3.36. The standard InChI is InChI=1S/C35H29BO3/c1-33(2)34(3,4)39-36(38-33)23-18-20-28-31(21-23)37-30-16-10-9-15-27(30)35(28)26-14-8-7-13-25(26)32-24-12-6-5-11-22(24)17-19-29(32)35/h5-21H,1-4H3. The van der Waals surface area contributed by atoms with Crippen molar-refractivity contribution >= 4 is 23.4 Å². The second-order valence-electron chi connectivity index (χ2n) is 11.9. The van der Waals surface area contributed by atoms with E-state index < -0.39 is 23.7 Å². The van der Waals surface area contributed by atoms with E-state index in [4.69, 9.17) is 14.0 Å². The van der Waals surface area contributed by atoms with Crippen molar-refractivity contribution in [2.24, 2.45) is 0 Å². The Labute approximate surface area is 229 Å². The summed E-state index contributed by atoms with van der Waals surface area (Å²) in [5.74, 6) is 1.73. The van der Waals surface area contributed by atoms with Crippen molar-refractivity contribution in [2.75, 3.05) is 0 Å². The van der Waals surface area contributed by atoms with E-state index in [1.54, 1.807) is 0 Å². The first-order chi connectivity index (χ1) is 18.8. The van der Waals surface area contributed by atoms with Crippen LogP contribution in [0.3, 0.4) is 0 Å². The smallest absolute Gasteiger partial charge is 0.457 e. The van der Waals surface area contributed by atoms with Crippen molar-refractivity contribution in [2.45, 2.75) is 44.3 Å². The number of hydrogen-bond acceptors (Lipinski definition) is 3. The van der Waals surface area contributed by atoms with E-state index in [-0.39, 0.29) is 0 Å². The monoisotopic (exact) mass is 508 g/mol. The van der Waals surface area contributed by atoms with Crippen LogP contribution >= 0.6 is 0 Å². The molecular weight excluding hydrogens is 479 g/mol. The zero-order valence-electron chi connectivity index (χ0n) is 22.6. The van der Waals surface area contributed by atoms with E-state index in [1.807, 2.05) is 0 Å². The fourth-order valence-electron chi connectivity index (χ4n) is 6.82. The van der Waals surface area contributed by atoms with Gasteiger partial charge in [-0.15, -0.1) is 0 Å². The molecule has 0 radical (unpaired) electrons. The van der Waals surface area contributed by atoms with Crippen molar-refractivity contribution in [1.29, 1.82) is 0 Å². The van der Waals surface area contributed by atoms with E-state index in [2.05, 4.69) is 131 Å². The first kappa shape index (κ1) is 23.1. The molecule has 1 atom stereocenters. The largest absolute Gasteiger partial charge is 0.494 e. The van der Waals surface area contributed by atoms with Gasteiger partial charge in [0.15, 0.2) is 0 Å². The molecule has 190 valence electrons. The van der Waals surface area contributed by atoms with Gasteiger partial charge in [0, 0.05) is 11.1 Å². The fraction of sp³-hybridized carbons (Fsp3) is 0.200. The van der Waals surface area contributed by atoms with Crippen LogP contribution < -0.4 is 10.2 Å². The van der Waals surface area contributed by atoms with Crippen molar-refractivity contribution in [3.05, 3.63) is 125 Å². The third-order valence-electron chi connectivity index (χ3n) is 9.38. The highest BCUT2D eigenvalue weighted by Gasteiger charge is 2.54. The molecule has 4 heteroatoms. The van der Waals surface area contributed by atoms with E-state index in [9.17, 15) is 0 Å². The summed E-state index contributed by atoms with van der Waals surface area (Å²) in [4.78, 5) is 0. The van der Waals surface area contributed by atoms with E-state index >= 15 is 0 Å². The van der Waals surface area contributed by atoms with Gasteiger partial charge in [0.2, 0.25) is 0 Å². The summed E-state index contributed by atoms with van der Waals surface area (Å²) in [5.41, 5.74) is 7.13. The Morgan fingerprint density at radius 2 is 1.21 bits per heavy atom. The molecule has 2 heterocycles. The van der Waals surface area contributed by atoms with Gasteiger partial charge in [0.1, 0.15) is 11.5 Å². The highest BCUT2D eigenvalue weighted by molar-refractivity contribution is 6.62. The highest BCUT2D eigenvalue weighted by atomic mass is 16.7. The maximum absolute atomic E-state index is 6.67. The van der Waals surface area contributed by atoms with Gasteiger partial charge in [0.05, 0.1) is 16.6 Å². The van der Waals surface area contributed by atoms with Crippen LogP contribution in [0.2, 0.25) is 0 Å². The highest BCUT2D eigenvalue weighted by Crippen LogP contribution is 2.62. The predicted molar refractivity (Wildman–Crippen MR) is 157 cm³/mol. The summed E-state index contributed by atoms with van der Waals surface area (Å²) in [6.45, 7) is 8.35. The first-order valence-electron chi connectivity index (χ1n) is 13.7. The van der Waals surface area contributed by atoms with Gasteiger partial charge in [-0.25, -0.2) is 0 Å². The zero-order chi connectivity index (χ0) is 26.6. The quantitative estimate of drug-likeness (QED) is 0.214. The molecule has 5 aromatic carbocycles. The lowest BCUT2D eigenvalue weighted by molar-refractivity contribution is 0.00578. The van der Waals surface area contributed by atoms with E-state index in [1.165, 1.54) is 38.6 Å². The van der Waals surface area contributed by atoms with Crippen LogP contribution in [-0.2, 0) is 14.7 Å². The third kappa shape index (κ3) is 2.91. The average molecular weight is 508 g/mol. The molecule has 1 unspecified atom stereocenters. The molecular formula is C35H29BO3. The van der Waals surface area contributed by atoms with Crippen LogP contribution in [-0.4, -0.2) is 18.3 Å². The fourth-order valence-corrected chi connectivity index (χ4v) is 6.82. The number of ether oxygens (including phenoxy) is 1. The maximum Gasteiger partial charge on any atom is 0.494 e. The Balaban J connectivity index is 1.42. The molecule has 1 saturated heterocycles. The van der Waals surface area contributed by atoms with Crippen molar-refractivity contribution in [1.82, 2.24) is 0 Å². The SMILES string of the molecule is CC1(C)OB(c2ccc3c(c2)Oc2ccccc2C32c3ccccc3-c3c2ccc2ccccc32)OC1(C)C. The lowest BCUT2D eigenvalue weighted by atomic mass is 9.65. The van der Waals surface area contributed by atoms with Crippen molar-refractivity contribution in [3.63, 3.8) is 0 Å². The summed E-state index contributed by atoms with van der Waals surface area (Å²) in [6.07, 6.45) is 0. The Morgan fingerprint density at radius 3 is 2.03 bits per heavy atom. The molecule has 1 fully saturated rings. The molecule has 3 aliphatic rings. The van der Waals surface area contributed by atoms with E-state index in [0.29, 0.717) is 0 Å². The van der Waals surface area contributed by atoms with Crippen LogP contribution in [0.4, 0.5) is 0 Å². The molecule has 0 N–H and O–H groups in total. The number of benzene rings is 5. The van der Waals surface area contributed by atoms with Gasteiger partial charge in [-0.1, -0.05) is 91.0 Å². The number of rotatable bonds is 1. The summed E-state index contributed by atoms with van der Waals surface area (Å²) >= 11 is 0. The Hall–Kier alpha value is -3.86. The van der Waals surface area contributed by atoms with Crippen molar-refractivity contribution in [3.8, 4) is 22.6 Å². The minimum Gasteiger partial charge on any atom is -0.457 e. The molecule has 8 rings (SSSR count). The molecule has 0 saturated carbocycles. The van der Waals surface area contributed by atoms with E-state index in [0.717, 1.165) is 22.5 Å². The minimum absolute atomic E-state index is 0.410. The molecule has 0 bridgehead atoms. The first-order valence-corrected chi connectivity index (χ1v) is 13.7. The second kappa shape index (κ2) is 7.62. The molecule has 39 heavy (non-hydrogen) atoms. The van der Waals surface area contributed by atoms with Crippen LogP contribution in [0.5, 0.6) is 11.5 Å². The number of hydrogen-bond donors (Lipinski definition) is 0. The maximum atomic E-state index is 6.67. The van der Waals surface area contributed by atoms with Crippen LogP contribution in [0.1, 0.15) is 49.9 Å². The molecule has 3 nitrogen and oxygen atoms in total. The van der Waals surface area contributed by atoms with Gasteiger partial charge < -0.3 is 14.0 Å². The molecule has 0 amide bonds. The second-order valence-corrected chi connectivity index (χ2v) is 11.9. The van der Waals surface area contributed by atoms with Crippen LogP contribution in [0.15, 0.2) is 103 Å². The Kier molecular flexibility index (Phi) is 4.51. The molecule has 1 aliphatic carbocycles. The Morgan fingerprint density at radius 1 is 0.564 bits per heavy atom. The summed E-state index contributed by atoms with van der Waals surface area (Å²) < 4.78 is 19.5. The molecule has 5 aromatic rings. The van der Waals surface area contributed by atoms with Gasteiger partial charge in [-0.2, -0.15) is 0 Å². The van der Waals surface area contributed by atoms with Gasteiger partial charge in [-0.3, -0.25) is 0 Å². The lowest BCUT2D eigenvalue weighted by Crippen LogP contribution is -2.41. The normalized spacial score (nSPS) is 21.3. The molecule has 0 aromatic heterocycles. The zero-order valence-corrected chi connectivity index (χ0v) is 22.6. The summed E-state index contributed by atoms with van der Waals surface area (Å²) in [6, 6.07) is 37.1. The minimum atomic E-state index is -0.491. The third-order valence-corrected chi connectivity index (χ3v) is 9.38. The topological polar surface area (TPSA) is 27.7 Å². The molecule has 1 spiro atoms. The summed E-state index contributed by atoms with van der Waals surface area (Å²) in [5, 5.41) is 2.53. The van der Waals surface area contributed by atoms with Crippen LogP contribution in [0.25, 0.3) is 21.9 Å². The van der Waals surface area contributed by atoms with Crippen molar-refractivity contribution < 1.29 is 14.0 Å². The number of fused-ring (bicyclic) bond motifs is 11. The Bertz CT molecular complexity index is 1800. The molecule has 2 aliphatic heterocycles. The van der Waals surface area contributed by atoms with Crippen LogP contribution in [0, 0.1) is 0 Å². The van der Waals surface area contributed by atoms with Gasteiger partial charge >= 0.3 is 7.12 Å². The number of para-hydroxylation sites is 1. The predicted octanol–water partition coefficient (Wildman–Crippen LogP) is 7.61. The lowest BCUT2D eigenvalue weighted by Gasteiger charge is -2.39. The van der Waals surface area contributed by atoms with Gasteiger partial charge in [0.25, 0.3) is 0 Å². The van der Waals surface area contributed by atoms with Gasteiger partial charge in [-0.05, 0) is 78.3 Å².